The molecule has 0 unspecified atom stereocenters. The second-order valence-electron chi connectivity index (χ2n) is 6.36. The van der Waals surface area contributed by atoms with Gasteiger partial charge in [0.2, 0.25) is 0 Å². The Morgan fingerprint density at radius 3 is 2.48 bits per heavy atom. The van der Waals surface area contributed by atoms with Gasteiger partial charge in [-0.25, -0.2) is 8.78 Å². The average molecular weight is 459 g/mol. The maximum absolute atomic E-state index is 13.4. The van der Waals surface area contributed by atoms with Crippen molar-refractivity contribution in [3.63, 3.8) is 0 Å². The second kappa shape index (κ2) is 10.1. The summed E-state index contributed by atoms with van der Waals surface area (Å²) < 4.78 is 32.2. The maximum atomic E-state index is 13.4. The summed E-state index contributed by atoms with van der Waals surface area (Å²) in [5.41, 5.74) is 0.924. The molecule has 0 saturated heterocycles. The van der Waals surface area contributed by atoms with Crippen LogP contribution in [0.25, 0.3) is 6.08 Å². The Hall–Kier alpha value is -3.40. The van der Waals surface area contributed by atoms with Crippen LogP contribution in [0.4, 0.5) is 14.5 Å². The largest absolute Gasteiger partial charge is 0.487 e. The van der Waals surface area contributed by atoms with Gasteiger partial charge >= 0.3 is 0 Å². The first kappa shape index (κ1) is 22.3. The van der Waals surface area contributed by atoms with Crippen LogP contribution in [0, 0.1) is 23.0 Å². The normalized spacial score (nSPS) is 11.0. The Kier molecular flexibility index (Phi) is 7.24. The van der Waals surface area contributed by atoms with Crippen molar-refractivity contribution in [2.45, 2.75) is 6.61 Å². The summed E-state index contributed by atoms with van der Waals surface area (Å²) in [6.45, 7) is 0.00359. The van der Waals surface area contributed by atoms with Gasteiger partial charge in [0.25, 0.3) is 5.91 Å². The maximum Gasteiger partial charge on any atom is 0.266 e. The van der Waals surface area contributed by atoms with E-state index in [-0.39, 0.29) is 28.0 Å². The minimum Gasteiger partial charge on any atom is -0.487 e. The molecule has 4 nitrogen and oxygen atoms in total. The number of anilines is 1. The number of rotatable bonds is 6. The fourth-order valence-corrected chi connectivity index (χ4v) is 3.22. The summed E-state index contributed by atoms with van der Waals surface area (Å²) in [7, 11) is 0. The number of carbonyl (C=O) groups is 1. The van der Waals surface area contributed by atoms with Crippen LogP contribution in [0.3, 0.4) is 0 Å². The van der Waals surface area contributed by atoms with Crippen LogP contribution in [0.5, 0.6) is 5.75 Å². The zero-order chi connectivity index (χ0) is 22.4. The molecule has 0 bridgehead atoms. The first-order valence-electron chi connectivity index (χ1n) is 8.90. The number of nitrogens with zero attached hydrogens (tertiary/aromatic N) is 1. The molecule has 0 saturated carbocycles. The molecule has 0 aliphatic rings. The van der Waals surface area contributed by atoms with Crippen LogP contribution in [0.1, 0.15) is 11.1 Å². The summed E-state index contributed by atoms with van der Waals surface area (Å²) in [5, 5.41) is 12.4. The number of nitriles is 1. The van der Waals surface area contributed by atoms with Crippen LogP contribution in [0.15, 0.2) is 66.2 Å². The monoisotopic (exact) mass is 458 g/mol. The van der Waals surface area contributed by atoms with E-state index in [0.717, 1.165) is 0 Å². The lowest BCUT2D eigenvalue weighted by Gasteiger charge is -2.13. The standard InChI is InChI=1S/C23H14Cl2F2N2O2/c24-17-10-15(9-16(12-28)23(30)29-20-6-4-18(26)5-7-20)22(21(25)11-17)31-13-14-2-1-3-19(27)8-14/h1-11H,13H2,(H,29,30)/b16-9+. The van der Waals surface area contributed by atoms with Gasteiger partial charge in [-0.3, -0.25) is 4.79 Å². The minimum absolute atomic E-state index is 0.00359. The predicted octanol–water partition coefficient (Wildman–Crippen LogP) is 6.40. The smallest absolute Gasteiger partial charge is 0.266 e. The van der Waals surface area contributed by atoms with E-state index in [9.17, 15) is 18.8 Å². The molecule has 0 heterocycles. The van der Waals surface area contributed by atoms with Crippen molar-refractivity contribution < 1.29 is 18.3 Å². The molecule has 0 aliphatic heterocycles. The molecule has 31 heavy (non-hydrogen) atoms. The number of halogens is 4. The molecule has 8 heteroatoms. The van der Waals surface area contributed by atoms with E-state index in [4.69, 9.17) is 27.9 Å². The van der Waals surface area contributed by atoms with Gasteiger partial charge in [-0.2, -0.15) is 5.26 Å². The lowest BCUT2D eigenvalue weighted by atomic mass is 10.1. The van der Waals surface area contributed by atoms with Gasteiger partial charge in [0.05, 0.1) is 5.02 Å². The molecule has 3 aromatic rings. The molecule has 3 rings (SSSR count). The number of nitrogens with one attached hydrogen (secondary N) is 1. The number of hydrogen-bond donors (Lipinski definition) is 1. The molecule has 156 valence electrons. The number of benzene rings is 3. The third kappa shape index (κ3) is 6.05. The highest BCUT2D eigenvalue weighted by Crippen LogP contribution is 2.34. The van der Waals surface area contributed by atoms with E-state index in [1.807, 2.05) is 6.07 Å². The molecule has 1 N–H and O–H groups in total. The van der Waals surface area contributed by atoms with E-state index < -0.39 is 17.5 Å². The third-order valence-electron chi connectivity index (χ3n) is 4.08. The summed E-state index contributed by atoms with van der Waals surface area (Å²) in [6, 6.07) is 15.7. The lowest BCUT2D eigenvalue weighted by molar-refractivity contribution is -0.112. The van der Waals surface area contributed by atoms with Crippen molar-refractivity contribution in [3.05, 3.63) is 99.0 Å². The fraction of sp³-hybridized carbons (Fsp3) is 0.0435. The van der Waals surface area contributed by atoms with Crippen LogP contribution >= 0.6 is 23.2 Å². The first-order chi connectivity index (χ1) is 14.9. The molecule has 3 aromatic carbocycles. The molecule has 0 aromatic heterocycles. The zero-order valence-electron chi connectivity index (χ0n) is 15.8. The van der Waals surface area contributed by atoms with Crippen molar-refractivity contribution in [2.75, 3.05) is 5.32 Å². The Morgan fingerprint density at radius 1 is 1.06 bits per heavy atom. The number of carbonyl (C=O) groups excluding carboxylic acids is 1. The molecule has 0 fully saturated rings. The number of ether oxygens (including phenoxy) is 1. The molecule has 1 amide bonds. The van der Waals surface area contributed by atoms with Crippen LogP contribution in [-0.4, -0.2) is 5.91 Å². The number of hydrogen-bond acceptors (Lipinski definition) is 3. The van der Waals surface area contributed by atoms with E-state index in [2.05, 4.69) is 5.32 Å². The highest BCUT2D eigenvalue weighted by molar-refractivity contribution is 6.36. The van der Waals surface area contributed by atoms with Crippen molar-refractivity contribution in [1.82, 2.24) is 0 Å². The Balaban J connectivity index is 1.88. The minimum atomic E-state index is -0.707. The summed E-state index contributed by atoms with van der Waals surface area (Å²) in [4.78, 5) is 12.5. The Morgan fingerprint density at radius 2 is 1.81 bits per heavy atom. The van der Waals surface area contributed by atoms with Gasteiger partial charge in [-0.1, -0.05) is 35.3 Å². The van der Waals surface area contributed by atoms with E-state index in [0.29, 0.717) is 16.8 Å². The zero-order valence-corrected chi connectivity index (χ0v) is 17.3. The molecular weight excluding hydrogens is 445 g/mol. The summed E-state index contributed by atoms with van der Waals surface area (Å²) in [6.07, 6.45) is 1.28. The molecule has 0 aliphatic carbocycles. The first-order valence-corrected chi connectivity index (χ1v) is 9.66. The van der Waals surface area contributed by atoms with E-state index in [1.54, 1.807) is 12.1 Å². The summed E-state index contributed by atoms with van der Waals surface area (Å²) >= 11 is 12.3. The second-order valence-corrected chi connectivity index (χ2v) is 7.20. The van der Waals surface area contributed by atoms with Gasteiger partial charge in [0.15, 0.2) is 0 Å². The van der Waals surface area contributed by atoms with Crippen molar-refractivity contribution >= 4 is 40.9 Å². The van der Waals surface area contributed by atoms with E-state index in [1.165, 1.54) is 54.6 Å². The molecule has 0 radical (unpaired) electrons. The Bertz CT molecular complexity index is 1190. The quantitative estimate of drug-likeness (QED) is 0.343. The van der Waals surface area contributed by atoms with Crippen molar-refractivity contribution in [2.24, 2.45) is 0 Å². The molecular formula is C23H14Cl2F2N2O2. The van der Waals surface area contributed by atoms with Crippen molar-refractivity contribution in [3.8, 4) is 11.8 Å². The van der Waals surface area contributed by atoms with Gasteiger partial charge in [-0.15, -0.1) is 0 Å². The molecule has 0 atom stereocenters. The van der Waals surface area contributed by atoms with E-state index >= 15 is 0 Å². The van der Waals surface area contributed by atoms with Gasteiger partial charge < -0.3 is 10.1 Å². The van der Waals surface area contributed by atoms with Crippen LogP contribution in [-0.2, 0) is 11.4 Å². The topological polar surface area (TPSA) is 62.1 Å². The average Bonchev–Trinajstić information content (AvgIpc) is 2.72. The van der Waals surface area contributed by atoms with Gasteiger partial charge in [0, 0.05) is 16.3 Å². The third-order valence-corrected chi connectivity index (χ3v) is 4.58. The van der Waals surface area contributed by atoms with Gasteiger partial charge in [-0.05, 0) is 60.2 Å². The number of amides is 1. The lowest BCUT2D eigenvalue weighted by Crippen LogP contribution is -2.13. The Labute approximate surface area is 187 Å². The fourth-order valence-electron chi connectivity index (χ4n) is 2.66. The highest BCUT2D eigenvalue weighted by atomic mass is 35.5. The highest BCUT2D eigenvalue weighted by Gasteiger charge is 2.15. The van der Waals surface area contributed by atoms with Crippen LogP contribution in [0.2, 0.25) is 10.0 Å². The summed E-state index contributed by atoms with van der Waals surface area (Å²) in [5.74, 6) is -1.39. The van der Waals surface area contributed by atoms with Gasteiger partial charge in [0.1, 0.15) is 35.6 Å². The predicted molar refractivity (Wildman–Crippen MR) is 116 cm³/mol. The molecule has 0 spiro atoms. The SMILES string of the molecule is N#C/C(=C\c1cc(Cl)cc(Cl)c1OCc1cccc(F)c1)C(=O)Nc1ccc(F)cc1. The van der Waals surface area contributed by atoms with Crippen LogP contribution < -0.4 is 10.1 Å². The van der Waals surface area contributed by atoms with Crippen molar-refractivity contribution in [1.29, 1.82) is 5.26 Å².